The zero-order chi connectivity index (χ0) is 16.2. The van der Waals surface area contributed by atoms with E-state index < -0.39 is 18.5 Å². The van der Waals surface area contributed by atoms with Gasteiger partial charge in [-0.15, -0.1) is 0 Å². The van der Waals surface area contributed by atoms with E-state index in [1.807, 2.05) is 13.0 Å². The minimum Gasteiger partial charge on any atom is -0.452 e. The quantitative estimate of drug-likeness (QED) is 0.743. The van der Waals surface area contributed by atoms with Gasteiger partial charge >= 0.3 is 5.97 Å². The molecule has 2 heterocycles. The maximum atomic E-state index is 11.9. The third kappa shape index (κ3) is 3.52. The summed E-state index contributed by atoms with van der Waals surface area (Å²) in [5.74, 6) is -0.667. The number of anilines is 1. The largest absolute Gasteiger partial charge is 0.452 e. The van der Waals surface area contributed by atoms with Crippen LogP contribution < -0.4 is 5.32 Å². The molecule has 0 aliphatic heterocycles. The summed E-state index contributed by atoms with van der Waals surface area (Å²) < 4.78 is 10.1. The fourth-order valence-corrected chi connectivity index (χ4v) is 1.92. The summed E-state index contributed by atoms with van der Waals surface area (Å²) in [6.07, 6.45) is 2.93. The molecule has 0 aliphatic rings. The van der Waals surface area contributed by atoms with E-state index in [9.17, 15) is 9.59 Å². The second kappa shape index (κ2) is 6.27. The topological polar surface area (TPSA) is 94.3 Å². The molecule has 2 aromatic heterocycles. The number of hydrogen-bond acceptors (Lipinski definition) is 6. The number of pyridine rings is 1. The molecule has 0 unspecified atom stereocenters. The van der Waals surface area contributed by atoms with E-state index in [0.29, 0.717) is 22.5 Å². The van der Waals surface area contributed by atoms with Gasteiger partial charge in [0, 0.05) is 6.20 Å². The van der Waals surface area contributed by atoms with Crippen molar-refractivity contribution in [2.45, 2.75) is 6.92 Å². The van der Waals surface area contributed by atoms with E-state index >= 15 is 0 Å². The number of aromatic nitrogens is 2. The first kappa shape index (κ1) is 14.7. The fraction of sp³-hybridized carbons (Fsp3) is 0.125. The molecule has 1 aromatic carbocycles. The molecule has 0 bridgehead atoms. The van der Waals surface area contributed by atoms with Gasteiger partial charge in [-0.2, -0.15) is 0 Å². The fourth-order valence-electron chi connectivity index (χ4n) is 1.92. The summed E-state index contributed by atoms with van der Waals surface area (Å²) in [7, 11) is 0. The molecule has 3 rings (SSSR count). The average molecular weight is 311 g/mol. The summed E-state index contributed by atoms with van der Waals surface area (Å²) in [6, 6.07) is 8.21. The van der Waals surface area contributed by atoms with Crippen molar-refractivity contribution < 1.29 is 18.7 Å². The molecule has 1 amide bonds. The third-order valence-corrected chi connectivity index (χ3v) is 3.08. The number of carbonyl (C=O) groups excluding carboxylic acids is 2. The normalized spacial score (nSPS) is 10.5. The van der Waals surface area contributed by atoms with E-state index in [2.05, 4.69) is 15.3 Å². The maximum Gasteiger partial charge on any atom is 0.338 e. The molecule has 0 fully saturated rings. The molecule has 0 aliphatic carbocycles. The van der Waals surface area contributed by atoms with Crippen LogP contribution in [0.4, 0.5) is 5.82 Å². The summed E-state index contributed by atoms with van der Waals surface area (Å²) in [5.41, 5.74) is 2.41. The van der Waals surface area contributed by atoms with Crippen molar-refractivity contribution >= 4 is 28.8 Å². The van der Waals surface area contributed by atoms with Crippen LogP contribution in [0.5, 0.6) is 0 Å². The lowest BCUT2D eigenvalue weighted by molar-refractivity contribution is -0.119. The minimum atomic E-state index is -0.609. The Hall–Kier alpha value is -3.22. The van der Waals surface area contributed by atoms with Crippen LogP contribution in [0, 0.1) is 6.92 Å². The number of oxazole rings is 1. The van der Waals surface area contributed by atoms with E-state index in [-0.39, 0.29) is 0 Å². The summed E-state index contributed by atoms with van der Waals surface area (Å²) >= 11 is 0. The second-order valence-electron chi connectivity index (χ2n) is 4.88. The van der Waals surface area contributed by atoms with E-state index in [0.717, 1.165) is 5.56 Å². The number of amides is 1. The highest BCUT2D eigenvalue weighted by Gasteiger charge is 2.12. The number of hydrogen-bond donors (Lipinski definition) is 1. The van der Waals surface area contributed by atoms with Crippen LogP contribution >= 0.6 is 0 Å². The highest BCUT2D eigenvalue weighted by Crippen LogP contribution is 2.14. The number of fused-ring (bicyclic) bond motifs is 1. The number of rotatable bonds is 4. The van der Waals surface area contributed by atoms with Gasteiger partial charge in [0.05, 0.1) is 5.56 Å². The molecule has 116 valence electrons. The van der Waals surface area contributed by atoms with Crippen LogP contribution in [0.25, 0.3) is 11.1 Å². The average Bonchev–Trinajstić information content (AvgIpc) is 3.02. The van der Waals surface area contributed by atoms with Crippen molar-refractivity contribution in [3.8, 4) is 0 Å². The van der Waals surface area contributed by atoms with Crippen LogP contribution in [-0.4, -0.2) is 28.5 Å². The summed E-state index contributed by atoms with van der Waals surface area (Å²) in [5, 5.41) is 2.55. The summed E-state index contributed by atoms with van der Waals surface area (Å²) in [4.78, 5) is 31.7. The van der Waals surface area contributed by atoms with E-state index in [4.69, 9.17) is 9.15 Å². The van der Waals surface area contributed by atoms with Crippen LogP contribution in [-0.2, 0) is 9.53 Å². The molecule has 0 saturated carbocycles. The van der Waals surface area contributed by atoms with Gasteiger partial charge in [-0.05, 0) is 36.8 Å². The third-order valence-electron chi connectivity index (χ3n) is 3.08. The van der Waals surface area contributed by atoms with Gasteiger partial charge in [0.25, 0.3) is 5.91 Å². The monoisotopic (exact) mass is 311 g/mol. The van der Waals surface area contributed by atoms with Crippen LogP contribution in [0.1, 0.15) is 15.9 Å². The lowest BCUT2D eigenvalue weighted by atomic mass is 10.2. The Morgan fingerprint density at radius 3 is 2.87 bits per heavy atom. The number of benzene rings is 1. The smallest absolute Gasteiger partial charge is 0.338 e. The standard InChI is InChI=1S/C16H13N3O4/c1-10-2-5-14(17-7-10)19-15(20)8-22-16(21)11-3-4-13-12(6-11)18-9-23-13/h2-7,9H,8H2,1H3,(H,17,19,20). The molecular formula is C16H13N3O4. The van der Waals surface area contributed by atoms with Gasteiger partial charge in [0.2, 0.25) is 0 Å². The number of ether oxygens (including phenoxy) is 1. The van der Waals surface area contributed by atoms with Gasteiger partial charge in [0.15, 0.2) is 18.6 Å². The Bertz CT molecular complexity index is 855. The van der Waals surface area contributed by atoms with Crippen molar-refractivity contribution in [2.75, 3.05) is 11.9 Å². The molecule has 1 N–H and O–H groups in total. The van der Waals surface area contributed by atoms with Crippen molar-refractivity contribution in [3.05, 3.63) is 54.0 Å². The molecule has 3 aromatic rings. The molecular weight excluding hydrogens is 298 g/mol. The lowest BCUT2D eigenvalue weighted by Gasteiger charge is -2.06. The molecule has 0 atom stereocenters. The number of nitrogens with zero attached hydrogens (tertiary/aromatic N) is 2. The lowest BCUT2D eigenvalue weighted by Crippen LogP contribution is -2.21. The first-order valence-electron chi connectivity index (χ1n) is 6.85. The number of esters is 1. The Kier molecular flexibility index (Phi) is 4.01. The van der Waals surface area contributed by atoms with Crippen molar-refractivity contribution in [3.63, 3.8) is 0 Å². The zero-order valence-corrected chi connectivity index (χ0v) is 12.3. The van der Waals surface area contributed by atoms with Crippen LogP contribution in [0.3, 0.4) is 0 Å². The predicted molar refractivity (Wildman–Crippen MR) is 81.9 cm³/mol. The van der Waals surface area contributed by atoms with Crippen molar-refractivity contribution in [1.82, 2.24) is 9.97 Å². The van der Waals surface area contributed by atoms with Gasteiger partial charge < -0.3 is 14.5 Å². The van der Waals surface area contributed by atoms with Gasteiger partial charge in [0.1, 0.15) is 11.3 Å². The molecule has 0 spiro atoms. The van der Waals surface area contributed by atoms with Gasteiger partial charge in [-0.1, -0.05) is 6.07 Å². The van der Waals surface area contributed by atoms with Gasteiger partial charge in [-0.3, -0.25) is 4.79 Å². The minimum absolute atomic E-state index is 0.299. The first-order valence-corrected chi connectivity index (χ1v) is 6.85. The zero-order valence-electron chi connectivity index (χ0n) is 12.3. The molecule has 7 heteroatoms. The second-order valence-corrected chi connectivity index (χ2v) is 4.88. The summed E-state index contributed by atoms with van der Waals surface area (Å²) in [6.45, 7) is 1.50. The maximum absolute atomic E-state index is 11.9. The van der Waals surface area contributed by atoms with Crippen molar-refractivity contribution in [1.29, 1.82) is 0 Å². The number of aryl methyl sites for hydroxylation is 1. The first-order chi connectivity index (χ1) is 11.1. The van der Waals surface area contributed by atoms with Crippen molar-refractivity contribution in [2.24, 2.45) is 0 Å². The van der Waals surface area contributed by atoms with Gasteiger partial charge in [-0.25, -0.2) is 14.8 Å². The SMILES string of the molecule is Cc1ccc(NC(=O)COC(=O)c2ccc3ocnc3c2)nc1. The molecule has 23 heavy (non-hydrogen) atoms. The van der Waals surface area contributed by atoms with E-state index in [1.54, 1.807) is 30.5 Å². The van der Waals surface area contributed by atoms with Crippen LogP contribution in [0.15, 0.2) is 47.3 Å². The van der Waals surface area contributed by atoms with E-state index in [1.165, 1.54) is 6.39 Å². The number of nitrogens with one attached hydrogen (secondary N) is 1. The molecule has 0 radical (unpaired) electrons. The van der Waals surface area contributed by atoms with Crippen LogP contribution in [0.2, 0.25) is 0 Å². The Morgan fingerprint density at radius 1 is 1.22 bits per heavy atom. The molecule has 7 nitrogen and oxygen atoms in total. The number of carbonyl (C=O) groups is 2. The predicted octanol–water partition coefficient (Wildman–Crippen LogP) is 2.33. The Balaban J connectivity index is 1.57. The highest BCUT2D eigenvalue weighted by atomic mass is 16.5. The Labute approximate surface area is 131 Å². The molecule has 0 saturated heterocycles. The highest BCUT2D eigenvalue weighted by molar-refractivity contribution is 5.96. The Morgan fingerprint density at radius 2 is 2.09 bits per heavy atom.